The molecule has 2 aliphatic rings. The van der Waals surface area contributed by atoms with Gasteiger partial charge < -0.3 is 27.4 Å². The molecule has 0 fully saturated rings. The minimum Gasteiger partial charge on any atom is -0.393 e. The lowest BCUT2D eigenvalue weighted by Crippen LogP contribution is -2.51. The number of allylic oxidation sites excluding steroid dienone is 3. The fourth-order valence-corrected chi connectivity index (χ4v) is 5.49. The van der Waals surface area contributed by atoms with Crippen LogP contribution in [0, 0.1) is 13.8 Å². The summed E-state index contributed by atoms with van der Waals surface area (Å²) in [6, 6.07) is 18.1. The zero-order valence-electron chi connectivity index (χ0n) is 22.6. The summed E-state index contributed by atoms with van der Waals surface area (Å²) in [5, 5.41) is 0. The summed E-state index contributed by atoms with van der Waals surface area (Å²) in [5.41, 5.74) is 8.82. The van der Waals surface area contributed by atoms with Gasteiger partial charge in [0.15, 0.2) is 11.4 Å². The number of benzene rings is 2. The molecular formula is C30H33BF2N4. The summed E-state index contributed by atoms with van der Waals surface area (Å²) in [4.78, 5) is 4.07. The van der Waals surface area contributed by atoms with Gasteiger partial charge in [-0.2, -0.15) is 0 Å². The molecule has 190 valence electrons. The molecule has 0 N–H and O–H groups in total. The van der Waals surface area contributed by atoms with Gasteiger partial charge in [-0.25, -0.2) is 0 Å². The van der Waals surface area contributed by atoms with Crippen molar-refractivity contribution < 1.29 is 13.1 Å². The van der Waals surface area contributed by atoms with Crippen molar-refractivity contribution in [2.24, 2.45) is 0 Å². The van der Waals surface area contributed by atoms with E-state index < -0.39 is 6.97 Å². The Balaban J connectivity index is 1.71. The van der Waals surface area contributed by atoms with E-state index in [1.807, 2.05) is 119 Å². The highest BCUT2D eigenvalue weighted by atomic mass is 19.2. The van der Waals surface area contributed by atoms with Crippen molar-refractivity contribution in [3.05, 3.63) is 106 Å². The molecule has 4 nitrogen and oxygen atoms in total. The van der Waals surface area contributed by atoms with Gasteiger partial charge in [-0.3, -0.25) is 0 Å². The quantitative estimate of drug-likeness (QED) is 0.380. The minimum absolute atomic E-state index is 0.494. The van der Waals surface area contributed by atoms with E-state index in [4.69, 9.17) is 0 Å². The van der Waals surface area contributed by atoms with Gasteiger partial charge in [-0.15, -0.1) is 0 Å². The van der Waals surface area contributed by atoms with Crippen molar-refractivity contribution in [1.82, 2.24) is 4.48 Å². The van der Waals surface area contributed by atoms with Crippen LogP contribution in [-0.4, -0.2) is 49.8 Å². The van der Waals surface area contributed by atoms with E-state index in [2.05, 4.69) is 0 Å². The predicted molar refractivity (Wildman–Crippen MR) is 153 cm³/mol. The largest absolute Gasteiger partial charge is 0.737 e. The first-order chi connectivity index (χ1) is 17.5. The Morgan fingerprint density at radius 3 is 1.95 bits per heavy atom. The number of hydrogen-bond acceptors (Lipinski definition) is 2. The van der Waals surface area contributed by atoms with E-state index in [1.165, 1.54) is 8.96 Å². The van der Waals surface area contributed by atoms with Crippen molar-refractivity contribution in [3.8, 4) is 0 Å². The molecule has 5 rings (SSSR count). The highest BCUT2D eigenvalue weighted by molar-refractivity contribution is 6.58. The smallest absolute Gasteiger partial charge is 0.393 e. The number of rotatable bonds is 5. The van der Waals surface area contributed by atoms with E-state index in [1.54, 1.807) is 13.0 Å². The van der Waals surface area contributed by atoms with E-state index in [0.29, 0.717) is 22.8 Å². The van der Waals surface area contributed by atoms with Crippen LogP contribution in [0.25, 0.3) is 11.6 Å². The Hall–Kier alpha value is -3.87. The van der Waals surface area contributed by atoms with Gasteiger partial charge in [0, 0.05) is 63.0 Å². The first kappa shape index (κ1) is 24.8. The molecule has 0 unspecified atom stereocenters. The Kier molecular flexibility index (Phi) is 5.97. The predicted octanol–water partition coefficient (Wildman–Crippen LogP) is 6.36. The van der Waals surface area contributed by atoms with Crippen molar-refractivity contribution >= 4 is 35.7 Å². The molecule has 0 bridgehead atoms. The van der Waals surface area contributed by atoms with Crippen LogP contribution in [0.2, 0.25) is 0 Å². The number of anilines is 2. The van der Waals surface area contributed by atoms with E-state index >= 15 is 8.63 Å². The molecule has 2 aliphatic heterocycles. The Labute approximate surface area is 218 Å². The van der Waals surface area contributed by atoms with Gasteiger partial charge in [0.25, 0.3) is 0 Å². The molecular weight excluding hydrogens is 465 g/mol. The molecule has 7 heteroatoms. The number of aryl methyl sites for hydroxylation is 2. The maximum absolute atomic E-state index is 16.4. The molecule has 2 aromatic carbocycles. The van der Waals surface area contributed by atoms with Gasteiger partial charge >= 0.3 is 6.97 Å². The summed E-state index contributed by atoms with van der Waals surface area (Å²) in [6.45, 7) is 1.53. The molecule has 0 radical (unpaired) electrons. The Morgan fingerprint density at radius 2 is 1.38 bits per heavy atom. The lowest BCUT2D eigenvalue weighted by molar-refractivity contribution is -0.362. The molecule has 3 aromatic rings. The zero-order valence-corrected chi connectivity index (χ0v) is 22.6. The third-order valence-electron chi connectivity index (χ3n) is 7.30. The van der Waals surface area contributed by atoms with Gasteiger partial charge in [0.1, 0.15) is 0 Å². The fraction of sp³-hybridized carbons (Fsp3) is 0.233. The molecule has 0 saturated carbocycles. The summed E-state index contributed by atoms with van der Waals surface area (Å²) >= 11 is 0. The lowest BCUT2D eigenvalue weighted by Gasteiger charge is -2.34. The van der Waals surface area contributed by atoms with Crippen LogP contribution in [0.15, 0.2) is 78.0 Å². The first-order valence-corrected chi connectivity index (χ1v) is 12.5. The van der Waals surface area contributed by atoms with Crippen molar-refractivity contribution in [2.45, 2.75) is 20.8 Å². The molecule has 37 heavy (non-hydrogen) atoms. The second-order valence-corrected chi connectivity index (χ2v) is 10.4. The van der Waals surface area contributed by atoms with Gasteiger partial charge in [-0.05, 0) is 79.6 Å². The number of fused-ring (bicyclic) bond motifs is 2. The molecule has 3 heterocycles. The normalized spacial score (nSPS) is 16.3. The van der Waals surface area contributed by atoms with Crippen LogP contribution in [0.4, 0.5) is 20.0 Å². The summed E-state index contributed by atoms with van der Waals surface area (Å²) in [5.74, 6) is 0. The number of halogens is 2. The van der Waals surface area contributed by atoms with Crippen molar-refractivity contribution in [2.75, 3.05) is 38.0 Å². The van der Waals surface area contributed by atoms with Gasteiger partial charge in [0.05, 0.1) is 5.57 Å². The second-order valence-electron chi connectivity index (χ2n) is 10.4. The number of aromatic nitrogens is 1. The van der Waals surface area contributed by atoms with Crippen LogP contribution >= 0.6 is 0 Å². The van der Waals surface area contributed by atoms with Crippen LogP contribution < -0.4 is 9.80 Å². The van der Waals surface area contributed by atoms with E-state index in [-0.39, 0.29) is 0 Å². The van der Waals surface area contributed by atoms with Gasteiger partial charge in [-0.1, -0.05) is 24.3 Å². The van der Waals surface area contributed by atoms with Crippen molar-refractivity contribution in [1.29, 1.82) is 0 Å². The SMILES string of the molecule is CC1=CC(/C=C/c2ccc(N(C)C)cc2)=[N+]2C1=C(c1ccc(N(C)C)cc1)c1c(C)cc(C)n1[B-]2(F)F. The third-order valence-corrected chi connectivity index (χ3v) is 7.30. The van der Waals surface area contributed by atoms with E-state index in [0.717, 1.165) is 39.2 Å². The topological polar surface area (TPSA) is 14.4 Å². The monoisotopic (exact) mass is 498 g/mol. The second kappa shape index (κ2) is 8.91. The van der Waals surface area contributed by atoms with Gasteiger partial charge in [0.2, 0.25) is 0 Å². The third kappa shape index (κ3) is 4.03. The highest BCUT2D eigenvalue weighted by Crippen LogP contribution is 2.44. The Morgan fingerprint density at radius 1 is 0.811 bits per heavy atom. The summed E-state index contributed by atoms with van der Waals surface area (Å²) < 4.78 is 35.3. The average molecular weight is 498 g/mol. The lowest BCUT2D eigenvalue weighted by atomic mass is 9.83. The fourth-order valence-electron chi connectivity index (χ4n) is 5.49. The van der Waals surface area contributed by atoms with Crippen molar-refractivity contribution in [3.63, 3.8) is 0 Å². The van der Waals surface area contributed by atoms with Crippen LogP contribution in [0.5, 0.6) is 0 Å². The molecule has 0 spiro atoms. The molecule has 0 saturated heterocycles. The number of nitrogens with zero attached hydrogens (tertiary/aromatic N) is 4. The van der Waals surface area contributed by atoms with Crippen LogP contribution in [-0.2, 0) is 0 Å². The Bertz CT molecular complexity index is 1500. The molecule has 0 amide bonds. The molecule has 0 aliphatic carbocycles. The van der Waals surface area contributed by atoms with Crippen LogP contribution in [0.1, 0.15) is 35.0 Å². The minimum atomic E-state index is -4.08. The standard InChI is InChI=1S/C30H33BF2N4/c1-20-18-22(3)36-29(20)28(24-11-16-26(17-12-24)35(6)7)30-21(2)19-27(37(30)31(36,32)33)15-10-23-8-13-25(14-9-23)34(4)5/h8-19H,1-7H3/b15-10+. The zero-order chi connectivity index (χ0) is 26.6. The number of hydrogen-bond donors (Lipinski definition) is 0. The summed E-state index contributed by atoms with van der Waals surface area (Å²) in [7, 11) is 7.97. The first-order valence-electron chi connectivity index (χ1n) is 12.5. The van der Waals surface area contributed by atoms with E-state index in [9.17, 15) is 0 Å². The highest BCUT2D eigenvalue weighted by Gasteiger charge is 2.55. The molecule has 1 aromatic heterocycles. The maximum atomic E-state index is 16.4. The molecule has 0 atom stereocenters. The average Bonchev–Trinajstić information content (AvgIpc) is 3.35. The van der Waals surface area contributed by atoms with Crippen LogP contribution in [0.3, 0.4) is 0 Å². The summed E-state index contributed by atoms with van der Waals surface area (Å²) in [6.07, 6.45) is 5.59. The maximum Gasteiger partial charge on any atom is 0.737 e.